The van der Waals surface area contributed by atoms with Crippen LogP contribution in [0.4, 0.5) is 4.39 Å². The van der Waals surface area contributed by atoms with Crippen LogP contribution in [0.15, 0.2) is 36.4 Å². The van der Waals surface area contributed by atoms with Crippen molar-refractivity contribution >= 4 is 22.6 Å². The first-order valence-corrected chi connectivity index (χ1v) is 7.12. The molecule has 1 N–H and O–H groups in total. The first kappa shape index (κ1) is 13.9. The van der Waals surface area contributed by atoms with Crippen molar-refractivity contribution in [3.8, 4) is 17.1 Å². The molecule has 0 fully saturated rings. The van der Waals surface area contributed by atoms with Crippen molar-refractivity contribution in [3.05, 3.63) is 47.2 Å². The molecule has 1 heterocycles. The van der Waals surface area contributed by atoms with Crippen molar-refractivity contribution in [2.75, 3.05) is 0 Å². The molecule has 3 aromatic rings. The highest BCUT2D eigenvalue weighted by molar-refractivity contribution is 6.31. The fourth-order valence-electron chi connectivity index (χ4n) is 2.44. The van der Waals surface area contributed by atoms with Gasteiger partial charge in [-0.3, -0.25) is 0 Å². The molecule has 0 aliphatic rings. The third-order valence-electron chi connectivity index (χ3n) is 3.36. The summed E-state index contributed by atoms with van der Waals surface area (Å²) in [4.78, 5) is 4.52. The van der Waals surface area contributed by atoms with Crippen LogP contribution >= 0.6 is 11.6 Å². The molecule has 21 heavy (non-hydrogen) atoms. The van der Waals surface area contributed by atoms with Gasteiger partial charge < -0.3 is 9.67 Å². The number of aromatic hydroxyl groups is 1. The lowest BCUT2D eigenvalue weighted by atomic mass is 10.2. The minimum atomic E-state index is -0.407. The maximum absolute atomic E-state index is 13.5. The highest BCUT2D eigenvalue weighted by Crippen LogP contribution is 2.32. The normalized spacial score (nSPS) is 11.2. The third kappa shape index (κ3) is 2.47. The molecule has 0 spiro atoms. The van der Waals surface area contributed by atoms with Crippen molar-refractivity contribution < 1.29 is 9.50 Å². The summed E-state index contributed by atoms with van der Waals surface area (Å²) in [5, 5.41) is 10.6. The van der Waals surface area contributed by atoms with E-state index in [0.717, 1.165) is 17.5 Å². The molecule has 0 saturated heterocycles. The van der Waals surface area contributed by atoms with Gasteiger partial charge in [0.2, 0.25) is 0 Å². The van der Waals surface area contributed by atoms with Crippen molar-refractivity contribution in [1.29, 1.82) is 0 Å². The molecule has 5 heteroatoms. The van der Waals surface area contributed by atoms with Gasteiger partial charge in [0.1, 0.15) is 17.4 Å². The molecule has 0 unspecified atom stereocenters. The number of aromatic nitrogens is 2. The standard InChI is InChI=1S/C16H14ClFN2O/c1-2-7-20-14-8-10(17)3-5-13(14)19-16(20)12-9-11(18)4-6-15(12)21/h3-6,8-9,21H,2,7H2,1H3. The summed E-state index contributed by atoms with van der Waals surface area (Å²) in [6.07, 6.45) is 0.890. The van der Waals surface area contributed by atoms with Gasteiger partial charge in [-0.15, -0.1) is 0 Å². The zero-order valence-corrected chi connectivity index (χ0v) is 12.2. The van der Waals surface area contributed by atoms with E-state index in [2.05, 4.69) is 4.98 Å². The Kier molecular flexibility index (Phi) is 3.55. The van der Waals surface area contributed by atoms with Crippen LogP contribution in [0.3, 0.4) is 0 Å². The number of hydrogen-bond donors (Lipinski definition) is 1. The average molecular weight is 305 g/mol. The summed E-state index contributed by atoms with van der Waals surface area (Å²) in [5.41, 5.74) is 2.03. The maximum Gasteiger partial charge on any atom is 0.144 e. The van der Waals surface area contributed by atoms with E-state index >= 15 is 0 Å². The Morgan fingerprint density at radius 2 is 2.05 bits per heavy atom. The molecule has 0 radical (unpaired) electrons. The second kappa shape index (κ2) is 5.37. The fraction of sp³-hybridized carbons (Fsp3) is 0.188. The SMILES string of the molecule is CCCn1c(-c2cc(F)ccc2O)nc2ccc(Cl)cc21. The lowest BCUT2D eigenvalue weighted by Gasteiger charge is -2.09. The molecule has 1 aromatic heterocycles. The minimum absolute atomic E-state index is 0.00940. The number of imidazole rings is 1. The molecule has 0 atom stereocenters. The summed E-state index contributed by atoms with van der Waals surface area (Å²) >= 11 is 6.05. The number of hydrogen-bond acceptors (Lipinski definition) is 2. The predicted molar refractivity (Wildman–Crippen MR) is 82.1 cm³/mol. The second-order valence-electron chi connectivity index (χ2n) is 4.88. The zero-order valence-electron chi connectivity index (χ0n) is 11.5. The van der Waals surface area contributed by atoms with E-state index in [9.17, 15) is 9.50 Å². The molecule has 3 rings (SSSR count). The van der Waals surface area contributed by atoms with Crippen LogP contribution in [0.1, 0.15) is 13.3 Å². The number of phenolic OH excluding ortho intramolecular Hbond substituents is 1. The third-order valence-corrected chi connectivity index (χ3v) is 3.59. The van der Waals surface area contributed by atoms with E-state index in [1.54, 1.807) is 6.07 Å². The second-order valence-corrected chi connectivity index (χ2v) is 5.32. The molecule has 0 aliphatic heterocycles. The highest BCUT2D eigenvalue weighted by Gasteiger charge is 2.16. The largest absolute Gasteiger partial charge is 0.507 e. The summed E-state index contributed by atoms with van der Waals surface area (Å²) in [7, 11) is 0. The lowest BCUT2D eigenvalue weighted by Crippen LogP contribution is -2.00. The number of benzene rings is 2. The topological polar surface area (TPSA) is 38.0 Å². The van der Waals surface area contributed by atoms with E-state index in [1.807, 2.05) is 23.6 Å². The Hall–Kier alpha value is -2.07. The van der Waals surface area contributed by atoms with Gasteiger partial charge in [0.05, 0.1) is 16.6 Å². The zero-order chi connectivity index (χ0) is 15.0. The van der Waals surface area contributed by atoms with Gasteiger partial charge >= 0.3 is 0 Å². The van der Waals surface area contributed by atoms with E-state index in [4.69, 9.17) is 11.6 Å². The summed E-state index contributed by atoms with van der Waals surface area (Å²) < 4.78 is 15.5. The first-order valence-electron chi connectivity index (χ1n) is 6.75. The van der Waals surface area contributed by atoms with Crippen LogP contribution in [0.5, 0.6) is 5.75 Å². The predicted octanol–water partition coefficient (Wildman–Crippen LogP) is 4.61. The van der Waals surface area contributed by atoms with Crippen LogP contribution in [0.25, 0.3) is 22.4 Å². The van der Waals surface area contributed by atoms with Gasteiger partial charge in [-0.25, -0.2) is 9.37 Å². The number of phenols is 1. The van der Waals surface area contributed by atoms with Crippen LogP contribution in [0, 0.1) is 5.82 Å². The summed E-state index contributed by atoms with van der Waals surface area (Å²) in [5.74, 6) is 0.150. The number of rotatable bonds is 3. The Morgan fingerprint density at radius 3 is 2.81 bits per heavy atom. The Labute approximate surface area is 126 Å². The number of aryl methyl sites for hydroxylation is 1. The molecular formula is C16H14ClFN2O. The van der Waals surface area contributed by atoms with Crippen molar-refractivity contribution in [3.63, 3.8) is 0 Å². The van der Waals surface area contributed by atoms with E-state index < -0.39 is 5.82 Å². The number of fused-ring (bicyclic) bond motifs is 1. The highest BCUT2D eigenvalue weighted by atomic mass is 35.5. The molecule has 2 aromatic carbocycles. The molecule has 0 saturated carbocycles. The fourth-order valence-corrected chi connectivity index (χ4v) is 2.61. The van der Waals surface area contributed by atoms with E-state index in [-0.39, 0.29) is 5.75 Å². The van der Waals surface area contributed by atoms with Crippen LogP contribution < -0.4 is 0 Å². The molecule has 0 bridgehead atoms. The van der Waals surface area contributed by atoms with Crippen molar-refractivity contribution in [2.24, 2.45) is 0 Å². The molecule has 108 valence electrons. The molecule has 0 aliphatic carbocycles. The number of halogens is 2. The van der Waals surface area contributed by atoms with Crippen LogP contribution in [-0.4, -0.2) is 14.7 Å². The van der Waals surface area contributed by atoms with E-state index in [0.29, 0.717) is 23.0 Å². The van der Waals surface area contributed by atoms with Gasteiger partial charge in [-0.05, 0) is 42.8 Å². The minimum Gasteiger partial charge on any atom is -0.507 e. The Bertz CT molecular complexity index is 813. The Morgan fingerprint density at radius 1 is 1.24 bits per heavy atom. The summed E-state index contributed by atoms with van der Waals surface area (Å²) in [6.45, 7) is 2.76. The van der Waals surface area contributed by atoms with Gasteiger partial charge in [-0.2, -0.15) is 0 Å². The summed E-state index contributed by atoms with van der Waals surface area (Å²) in [6, 6.07) is 9.28. The van der Waals surface area contributed by atoms with Gasteiger partial charge in [0.15, 0.2) is 0 Å². The van der Waals surface area contributed by atoms with Gasteiger partial charge in [0.25, 0.3) is 0 Å². The molecule has 3 nitrogen and oxygen atoms in total. The van der Waals surface area contributed by atoms with Crippen molar-refractivity contribution in [1.82, 2.24) is 9.55 Å². The van der Waals surface area contributed by atoms with E-state index in [1.165, 1.54) is 18.2 Å². The van der Waals surface area contributed by atoms with Crippen molar-refractivity contribution in [2.45, 2.75) is 19.9 Å². The van der Waals surface area contributed by atoms with Gasteiger partial charge in [-0.1, -0.05) is 18.5 Å². The lowest BCUT2D eigenvalue weighted by molar-refractivity contribution is 0.474. The number of nitrogens with zero attached hydrogens (tertiary/aromatic N) is 2. The quantitative estimate of drug-likeness (QED) is 0.767. The van der Waals surface area contributed by atoms with Crippen LogP contribution in [0.2, 0.25) is 5.02 Å². The smallest absolute Gasteiger partial charge is 0.144 e. The maximum atomic E-state index is 13.5. The Balaban J connectivity index is 2.30. The first-order chi connectivity index (χ1) is 10.1. The average Bonchev–Trinajstić information content (AvgIpc) is 2.80. The molecular weight excluding hydrogens is 291 g/mol. The molecule has 0 amide bonds. The van der Waals surface area contributed by atoms with Crippen LogP contribution in [-0.2, 0) is 6.54 Å². The van der Waals surface area contributed by atoms with Gasteiger partial charge in [0, 0.05) is 11.6 Å². The monoisotopic (exact) mass is 304 g/mol.